The molecule has 2 aromatic carbocycles. The van der Waals surface area contributed by atoms with Crippen molar-refractivity contribution in [2.45, 2.75) is 19.9 Å². The van der Waals surface area contributed by atoms with Gasteiger partial charge < -0.3 is 10.4 Å². The van der Waals surface area contributed by atoms with Crippen LogP contribution in [0.1, 0.15) is 29.8 Å². The highest BCUT2D eigenvalue weighted by atomic mass is 16.3. The Kier molecular flexibility index (Phi) is 5.51. The molecule has 0 heterocycles. The zero-order valence-electron chi connectivity index (χ0n) is 13.3. The molecule has 1 amide bonds. The number of nitriles is 1. The van der Waals surface area contributed by atoms with Gasteiger partial charge in [-0.25, -0.2) is 0 Å². The molecule has 4 nitrogen and oxygen atoms in total. The van der Waals surface area contributed by atoms with Crippen molar-refractivity contribution in [3.63, 3.8) is 0 Å². The predicted octanol–water partition coefficient (Wildman–Crippen LogP) is 2.97. The summed E-state index contributed by atoms with van der Waals surface area (Å²) >= 11 is 0. The molecule has 118 valence electrons. The van der Waals surface area contributed by atoms with Crippen LogP contribution in [0.2, 0.25) is 0 Å². The van der Waals surface area contributed by atoms with Crippen molar-refractivity contribution in [3.8, 4) is 17.2 Å². The third kappa shape index (κ3) is 4.18. The molecular weight excluding hydrogens is 288 g/mol. The summed E-state index contributed by atoms with van der Waals surface area (Å²) in [6.45, 7) is 3.82. The topological polar surface area (TPSA) is 73.1 Å². The van der Waals surface area contributed by atoms with Crippen LogP contribution in [0.15, 0.2) is 48.5 Å². The summed E-state index contributed by atoms with van der Waals surface area (Å²) in [5, 5.41) is 21.0. The molecular formula is C19H20N2O2. The van der Waals surface area contributed by atoms with Gasteiger partial charge in [0.25, 0.3) is 5.91 Å². The molecule has 0 bridgehead atoms. The van der Waals surface area contributed by atoms with Crippen molar-refractivity contribution in [1.82, 2.24) is 5.32 Å². The van der Waals surface area contributed by atoms with E-state index in [1.165, 1.54) is 0 Å². The average molecular weight is 308 g/mol. The number of carbonyl (C=O) groups excluding carboxylic acids is 1. The lowest BCUT2D eigenvalue weighted by atomic mass is 10.0. The lowest BCUT2D eigenvalue weighted by Gasteiger charge is -2.20. The molecule has 0 spiro atoms. The Morgan fingerprint density at radius 1 is 1.17 bits per heavy atom. The Morgan fingerprint density at radius 3 is 2.43 bits per heavy atom. The number of rotatable bonds is 5. The van der Waals surface area contributed by atoms with Crippen molar-refractivity contribution in [2.75, 3.05) is 6.61 Å². The first kappa shape index (κ1) is 16.7. The van der Waals surface area contributed by atoms with Gasteiger partial charge in [0.1, 0.15) is 0 Å². The number of aliphatic hydroxyl groups excluding tert-OH is 1. The number of carbonyl (C=O) groups is 1. The Labute approximate surface area is 136 Å². The monoisotopic (exact) mass is 308 g/mol. The summed E-state index contributed by atoms with van der Waals surface area (Å²) in [5.74, 6) is -0.0427. The van der Waals surface area contributed by atoms with Crippen LogP contribution in [0.4, 0.5) is 0 Å². The molecule has 0 aliphatic carbocycles. The Bertz CT molecular complexity index is 715. The van der Waals surface area contributed by atoms with Gasteiger partial charge in [-0.3, -0.25) is 4.79 Å². The van der Waals surface area contributed by atoms with Gasteiger partial charge in [0.05, 0.1) is 24.3 Å². The maximum Gasteiger partial charge on any atom is 0.251 e. The SMILES string of the molecule is CC(C)[C@H](CO)NC(=O)c1cccc(-c2ccc(C#N)cc2)c1. The van der Waals surface area contributed by atoms with E-state index in [0.717, 1.165) is 11.1 Å². The fourth-order valence-corrected chi connectivity index (χ4v) is 2.25. The molecule has 0 radical (unpaired) electrons. The van der Waals surface area contributed by atoms with Gasteiger partial charge in [-0.1, -0.05) is 38.1 Å². The van der Waals surface area contributed by atoms with E-state index < -0.39 is 0 Å². The van der Waals surface area contributed by atoms with Crippen molar-refractivity contribution < 1.29 is 9.90 Å². The van der Waals surface area contributed by atoms with E-state index in [-0.39, 0.29) is 24.5 Å². The first-order valence-corrected chi connectivity index (χ1v) is 7.57. The Balaban J connectivity index is 2.22. The molecule has 23 heavy (non-hydrogen) atoms. The van der Waals surface area contributed by atoms with E-state index in [0.29, 0.717) is 11.1 Å². The summed E-state index contributed by atoms with van der Waals surface area (Å²) in [6, 6.07) is 16.4. The van der Waals surface area contributed by atoms with Crippen LogP contribution < -0.4 is 5.32 Å². The third-order valence-corrected chi connectivity index (χ3v) is 3.79. The molecule has 2 N–H and O–H groups in total. The summed E-state index contributed by atoms with van der Waals surface area (Å²) < 4.78 is 0. The van der Waals surface area contributed by atoms with E-state index in [2.05, 4.69) is 11.4 Å². The largest absolute Gasteiger partial charge is 0.394 e. The number of benzene rings is 2. The minimum atomic E-state index is -0.263. The quantitative estimate of drug-likeness (QED) is 0.892. The van der Waals surface area contributed by atoms with Gasteiger partial charge in [0.2, 0.25) is 0 Å². The minimum absolute atomic E-state index is 0.0846. The highest BCUT2D eigenvalue weighted by molar-refractivity contribution is 5.95. The summed E-state index contributed by atoms with van der Waals surface area (Å²) in [4.78, 5) is 12.3. The number of hydrogen-bond acceptors (Lipinski definition) is 3. The first-order chi connectivity index (χ1) is 11.0. The number of nitrogens with zero attached hydrogens (tertiary/aromatic N) is 1. The molecule has 0 aliphatic rings. The first-order valence-electron chi connectivity index (χ1n) is 7.57. The van der Waals surface area contributed by atoms with E-state index in [1.54, 1.807) is 18.2 Å². The molecule has 4 heteroatoms. The van der Waals surface area contributed by atoms with Crippen molar-refractivity contribution in [2.24, 2.45) is 5.92 Å². The third-order valence-electron chi connectivity index (χ3n) is 3.79. The number of aliphatic hydroxyl groups is 1. The molecule has 0 aromatic heterocycles. The lowest BCUT2D eigenvalue weighted by molar-refractivity contribution is 0.0897. The second-order valence-electron chi connectivity index (χ2n) is 5.78. The van der Waals surface area contributed by atoms with Crippen LogP contribution in [-0.2, 0) is 0 Å². The normalized spacial score (nSPS) is 11.8. The predicted molar refractivity (Wildman–Crippen MR) is 89.8 cm³/mol. The van der Waals surface area contributed by atoms with Gasteiger partial charge >= 0.3 is 0 Å². The standard InChI is InChI=1S/C19H20N2O2/c1-13(2)18(12-22)21-19(23)17-5-3-4-16(10-17)15-8-6-14(11-20)7-9-15/h3-10,13,18,22H,12H2,1-2H3,(H,21,23)/t18-/m0/s1. The maximum absolute atomic E-state index is 12.3. The zero-order valence-corrected chi connectivity index (χ0v) is 13.3. The molecule has 0 aliphatic heterocycles. The number of nitrogens with one attached hydrogen (secondary N) is 1. The molecule has 0 fully saturated rings. The number of hydrogen-bond donors (Lipinski definition) is 2. The lowest BCUT2D eigenvalue weighted by Crippen LogP contribution is -2.41. The molecule has 0 saturated heterocycles. The Morgan fingerprint density at radius 2 is 1.87 bits per heavy atom. The van der Waals surface area contributed by atoms with E-state index in [4.69, 9.17) is 5.26 Å². The molecule has 2 aromatic rings. The van der Waals surface area contributed by atoms with E-state index >= 15 is 0 Å². The fourth-order valence-electron chi connectivity index (χ4n) is 2.25. The molecule has 2 rings (SSSR count). The van der Waals surface area contributed by atoms with Crippen LogP contribution in [0.25, 0.3) is 11.1 Å². The Hall–Kier alpha value is -2.64. The minimum Gasteiger partial charge on any atom is -0.394 e. The maximum atomic E-state index is 12.3. The van der Waals surface area contributed by atoms with Crippen LogP contribution in [-0.4, -0.2) is 23.7 Å². The van der Waals surface area contributed by atoms with Gasteiger partial charge in [-0.15, -0.1) is 0 Å². The average Bonchev–Trinajstić information content (AvgIpc) is 2.59. The zero-order chi connectivity index (χ0) is 16.8. The molecule has 1 atom stereocenters. The molecule has 0 saturated carbocycles. The van der Waals surface area contributed by atoms with Crippen LogP contribution in [0, 0.1) is 17.2 Å². The van der Waals surface area contributed by atoms with E-state index in [1.807, 2.05) is 44.2 Å². The van der Waals surface area contributed by atoms with Gasteiger partial charge in [-0.2, -0.15) is 5.26 Å². The van der Waals surface area contributed by atoms with Crippen LogP contribution in [0.3, 0.4) is 0 Å². The second kappa shape index (κ2) is 7.57. The summed E-state index contributed by atoms with van der Waals surface area (Å²) in [6.07, 6.45) is 0. The van der Waals surface area contributed by atoms with Crippen LogP contribution >= 0.6 is 0 Å². The highest BCUT2D eigenvalue weighted by Gasteiger charge is 2.16. The second-order valence-corrected chi connectivity index (χ2v) is 5.78. The van der Waals surface area contributed by atoms with Gasteiger partial charge in [0.15, 0.2) is 0 Å². The number of amides is 1. The van der Waals surface area contributed by atoms with Crippen molar-refractivity contribution in [1.29, 1.82) is 5.26 Å². The van der Waals surface area contributed by atoms with Crippen molar-refractivity contribution in [3.05, 3.63) is 59.7 Å². The fraction of sp³-hybridized carbons (Fsp3) is 0.263. The smallest absolute Gasteiger partial charge is 0.251 e. The van der Waals surface area contributed by atoms with Crippen molar-refractivity contribution >= 4 is 5.91 Å². The van der Waals surface area contributed by atoms with E-state index in [9.17, 15) is 9.90 Å². The molecule has 0 unspecified atom stereocenters. The highest BCUT2D eigenvalue weighted by Crippen LogP contribution is 2.21. The van der Waals surface area contributed by atoms with Gasteiger partial charge in [-0.05, 0) is 41.3 Å². The summed E-state index contributed by atoms with van der Waals surface area (Å²) in [7, 11) is 0. The summed E-state index contributed by atoms with van der Waals surface area (Å²) in [5.41, 5.74) is 3.00. The van der Waals surface area contributed by atoms with Gasteiger partial charge in [0, 0.05) is 5.56 Å². The van der Waals surface area contributed by atoms with Crippen LogP contribution in [0.5, 0.6) is 0 Å².